The minimum atomic E-state index is -0.0879. The van der Waals surface area contributed by atoms with Crippen molar-refractivity contribution < 1.29 is 14.7 Å². The minimum absolute atomic E-state index is 0.0511. The van der Waals surface area contributed by atoms with E-state index in [1.807, 2.05) is 19.9 Å². The van der Waals surface area contributed by atoms with E-state index in [1.165, 1.54) is 6.42 Å². The molecule has 33 heavy (non-hydrogen) atoms. The van der Waals surface area contributed by atoms with Gasteiger partial charge >= 0.3 is 0 Å². The van der Waals surface area contributed by atoms with Gasteiger partial charge < -0.3 is 15.0 Å². The Kier molecular flexibility index (Phi) is 8.95. The monoisotopic (exact) mass is 455 g/mol. The average Bonchev–Trinajstić information content (AvgIpc) is 3.10. The quantitative estimate of drug-likeness (QED) is 0.343. The van der Waals surface area contributed by atoms with E-state index in [0.29, 0.717) is 30.6 Å². The normalized spacial score (nSPS) is 14.7. The van der Waals surface area contributed by atoms with Gasteiger partial charge in [0.15, 0.2) is 5.78 Å². The number of likely N-dealkylation sites (tertiary alicyclic amines) is 1. The van der Waals surface area contributed by atoms with Crippen LogP contribution in [0, 0.1) is 6.92 Å². The Morgan fingerprint density at radius 3 is 2.39 bits per heavy atom. The van der Waals surface area contributed by atoms with Crippen LogP contribution >= 0.6 is 0 Å². The number of phenolic OH excluding ortho intramolecular Hbond substituents is 1. The number of rotatable bonds is 11. The van der Waals surface area contributed by atoms with Crippen LogP contribution in [0.2, 0.25) is 0 Å². The van der Waals surface area contributed by atoms with Crippen LogP contribution in [0.3, 0.4) is 0 Å². The summed E-state index contributed by atoms with van der Waals surface area (Å²) in [6.07, 6.45) is 7.81. The molecule has 1 aliphatic rings. The number of fused-ring (bicyclic) bond motifs is 1. The molecule has 0 saturated carbocycles. The number of hydrogen-bond acceptors (Lipinski definition) is 4. The molecule has 0 aliphatic carbocycles. The zero-order valence-corrected chi connectivity index (χ0v) is 20.9. The summed E-state index contributed by atoms with van der Waals surface area (Å²) >= 11 is 0. The van der Waals surface area contributed by atoms with Crippen LogP contribution in [0.1, 0.15) is 104 Å². The molecule has 0 spiro atoms. The third-order valence-corrected chi connectivity index (χ3v) is 6.92. The van der Waals surface area contributed by atoms with Crippen LogP contribution in [0.5, 0.6) is 5.75 Å². The molecule has 0 bridgehead atoms. The van der Waals surface area contributed by atoms with Crippen LogP contribution in [0.25, 0.3) is 10.9 Å². The maximum Gasteiger partial charge on any atom is 0.253 e. The highest BCUT2D eigenvalue weighted by Gasteiger charge is 2.28. The number of amides is 1. The van der Waals surface area contributed by atoms with Crippen LogP contribution in [-0.4, -0.2) is 45.9 Å². The predicted octanol–water partition coefficient (Wildman–Crippen LogP) is 5.56. The van der Waals surface area contributed by atoms with Crippen molar-refractivity contribution in [2.45, 2.75) is 92.2 Å². The molecule has 0 atom stereocenters. The first-order valence-electron chi connectivity index (χ1n) is 12.9. The standard InChI is InChI=1S/C27H41N3O3/c1-5-8-13-28-27(33)24-19(4)30(16-9-6-2)22-17-20(23(31)7-3)26(32)21(25(22)24)18-29-14-11-10-12-15-29/h17,32H,5-16,18H2,1-4H3,(H,28,33). The van der Waals surface area contributed by atoms with Gasteiger partial charge in [-0.3, -0.25) is 14.5 Å². The Bertz CT molecular complexity index is 987. The average molecular weight is 456 g/mol. The van der Waals surface area contributed by atoms with E-state index in [-0.39, 0.29) is 17.4 Å². The van der Waals surface area contributed by atoms with Gasteiger partial charge in [0.25, 0.3) is 5.91 Å². The second-order valence-electron chi connectivity index (χ2n) is 9.33. The first-order valence-corrected chi connectivity index (χ1v) is 12.9. The molecule has 1 aliphatic heterocycles. The van der Waals surface area contributed by atoms with Crippen molar-refractivity contribution in [2.75, 3.05) is 19.6 Å². The highest BCUT2D eigenvalue weighted by molar-refractivity contribution is 6.12. The number of nitrogens with one attached hydrogen (secondary N) is 1. The molecule has 2 N–H and O–H groups in total. The van der Waals surface area contributed by atoms with Gasteiger partial charge in [-0.25, -0.2) is 0 Å². The summed E-state index contributed by atoms with van der Waals surface area (Å²) in [5.74, 6) is -0.102. The fourth-order valence-electron chi connectivity index (χ4n) is 4.95. The van der Waals surface area contributed by atoms with Gasteiger partial charge in [-0.1, -0.05) is 40.0 Å². The minimum Gasteiger partial charge on any atom is -0.507 e. The molecule has 182 valence electrons. The van der Waals surface area contributed by atoms with E-state index >= 15 is 0 Å². The van der Waals surface area contributed by atoms with Crippen LogP contribution in [-0.2, 0) is 13.1 Å². The zero-order chi connectivity index (χ0) is 24.0. The molecule has 1 saturated heterocycles. The van der Waals surface area contributed by atoms with Gasteiger partial charge in [0.1, 0.15) is 5.75 Å². The number of benzene rings is 1. The van der Waals surface area contributed by atoms with Gasteiger partial charge in [0.05, 0.1) is 16.6 Å². The fraction of sp³-hybridized carbons (Fsp3) is 0.630. The summed E-state index contributed by atoms with van der Waals surface area (Å²) in [5, 5.41) is 15.2. The Morgan fingerprint density at radius 2 is 1.76 bits per heavy atom. The first kappa shape index (κ1) is 25.3. The second kappa shape index (κ2) is 11.7. The lowest BCUT2D eigenvalue weighted by Gasteiger charge is -2.27. The number of carbonyl (C=O) groups is 2. The fourth-order valence-corrected chi connectivity index (χ4v) is 4.95. The van der Waals surface area contributed by atoms with E-state index < -0.39 is 0 Å². The number of aromatic hydroxyl groups is 1. The molecule has 1 aromatic carbocycles. The number of aryl methyl sites for hydroxylation is 1. The third-order valence-electron chi connectivity index (χ3n) is 6.92. The van der Waals surface area contributed by atoms with Gasteiger partial charge in [-0.2, -0.15) is 0 Å². The molecule has 3 rings (SSSR count). The lowest BCUT2D eigenvalue weighted by atomic mass is 9.96. The number of hydrogen-bond donors (Lipinski definition) is 2. The molecule has 2 heterocycles. The summed E-state index contributed by atoms with van der Waals surface area (Å²) in [6.45, 7) is 12.0. The number of unbranched alkanes of at least 4 members (excludes halogenated alkanes) is 2. The molecular formula is C27H41N3O3. The van der Waals surface area contributed by atoms with E-state index in [1.54, 1.807) is 0 Å². The topological polar surface area (TPSA) is 74.6 Å². The Labute approximate surface area is 198 Å². The molecular weight excluding hydrogens is 414 g/mol. The molecule has 1 amide bonds. The largest absolute Gasteiger partial charge is 0.507 e. The van der Waals surface area contributed by atoms with Crippen molar-refractivity contribution in [3.8, 4) is 5.75 Å². The number of ketones is 1. The lowest BCUT2D eigenvalue weighted by molar-refractivity contribution is 0.0952. The van der Waals surface area contributed by atoms with E-state index in [2.05, 4.69) is 28.6 Å². The Morgan fingerprint density at radius 1 is 1.06 bits per heavy atom. The number of nitrogens with zero attached hydrogens (tertiary/aromatic N) is 2. The lowest BCUT2D eigenvalue weighted by Crippen LogP contribution is -2.29. The third kappa shape index (κ3) is 5.43. The molecule has 2 aromatic rings. The van der Waals surface area contributed by atoms with Crippen molar-refractivity contribution in [3.63, 3.8) is 0 Å². The summed E-state index contributed by atoms with van der Waals surface area (Å²) in [4.78, 5) is 28.5. The maximum atomic E-state index is 13.4. The number of phenols is 1. The van der Waals surface area contributed by atoms with E-state index in [0.717, 1.165) is 80.3 Å². The van der Waals surface area contributed by atoms with Crippen molar-refractivity contribution in [1.82, 2.24) is 14.8 Å². The van der Waals surface area contributed by atoms with Crippen molar-refractivity contribution >= 4 is 22.6 Å². The maximum absolute atomic E-state index is 13.4. The van der Waals surface area contributed by atoms with Gasteiger partial charge in [0, 0.05) is 42.7 Å². The molecule has 1 fully saturated rings. The molecule has 6 heteroatoms. The van der Waals surface area contributed by atoms with Crippen LogP contribution in [0.15, 0.2) is 6.07 Å². The molecule has 1 aromatic heterocycles. The SMILES string of the molecule is CCCCNC(=O)c1c(C)n(CCCC)c2cc(C(=O)CC)c(O)c(CN3CCCCC3)c12. The number of Topliss-reactive ketones (excluding diaryl/α,β-unsaturated/α-hetero) is 1. The highest BCUT2D eigenvalue weighted by Crippen LogP contribution is 2.38. The predicted molar refractivity (Wildman–Crippen MR) is 134 cm³/mol. The highest BCUT2D eigenvalue weighted by atomic mass is 16.3. The van der Waals surface area contributed by atoms with Gasteiger partial charge in [-0.15, -0.1) is 0 Å². The number of carbonyl (C=O) groups excluding carboxylic acids is 2. The van der Waals surface area contributed by atoms with Crippen molar-refractivity contribution in [3.05, 3.63) is 28.5 Å². The summed E-state index contributed by atoms with van der Waals surface area (Å²) < 4.78 is 2.18. The summed E-state index contributed by atoms with van der Waals surface area (Å²) in [6, 6.07) is 1.82. The molecule has 6 nitrogen and oxygen atoms in total. The van der Waals surface area contributed by atoms with Crippen molar-refractivity contribution in [1.29, 1.82) is 0 Å². The van der Waals surface area contributed by atoms with Gasteiger partial charge in [0.2, 0.25) is 0 Å². The number of aromatic nitrogens is 1. The Balaban J connectivity index is 2.24. The molecule has 0 unspecified atom stereocenters. The second-order valence-corrected chi connectivity index (χ2v) is 9.33. The smallest absolute Gasteiger partial charge is 0.253 e. The van der Waals surface area contributed by atoms with Crippen molar-refractivity contribution in [2.24, 2.45) is 0 Å². The first-order chi connectivity index (χ1) is 15.9. The van der Waals surface area contributed by atoms with E-state index in [9.17, 15) is 14.7 Å². The molecule has 0 radical (unpaired) electrons. The Hall–Kier alpha value is -2.34. The summed E-state index contributed by atoms with van der Waals surface area (Å²) in [5.41, 5.74) is 3.56. The zero-order valence-electron chi connectivity index (χ0n) is 20.9. The van der Waals surface area contributed by atoms with Crippen LogP contribution in [0.4, 0.5) is 0 Å². The summed E-state index contributed by atoms with van der Waals surface area (Å²) in [7, 11) is 0. The van der Waals surface area contributed by atoms with E-state index in [4.69, 9.17) is 0 Å². The number of piperidine rings is 1. The van der Waals surface area contributed by atoms with Gasteiger partial charge in [-0.05, 0) is 51.8 Å². The van der Waals surface area contributed by atoms with Crippen LogP contribution < -0.4 is 5.32 Å².